The van der Waals surface area contributed by atoms with Crippen LogP contribution in [-0.2, 0) is 28.7 Å². The number of anilines is 1. The van der Waals surface area contributed by atoms with Crippen molar-refractivity contribution in [3.8, 4) is 0 Å². The molecule has 1 unspecified atom stereocenters. The quantitative estimate of drug-likeness (QED) is 0.482. The summed E-state index contributed by atoms with van der Waals surface area (Å²) < 4.78 is 10.3. The van der Waals surface area contributed by atoms with Gasteiger partial charge < -0.3 is 14.4 Å². The summed E-state index contributed by atoms with van der Waals surface area (Å²) in [6.45, 7) is 3.21. The highest BCUT2D eigenvalue weighted by Gasteiger charge is 2.82. The van der Waals surface area contributed by atoms with Gasteiger partial charge in [0.05, 0.1) is 19.4 Å². The molecule has 3 aliphatic rings. The predicted molar refractivity (Wildman–Crippen MR) is 112 cm³/mol. The Morgan fingerprint density at radius 3 is 2.22 bits per heavy atom. The molecular weight excluding hydrogens is 438 g/mol. The van der Waals surface area contributed by atoms with Crippen LogP contribution >= 0.6 is 11.8 Å². The number of hydrogen-bond donors (Lipinski definition) is 0. The number of benzene rings is 1. The van der Waals surface area contributed by atoms with Crippen molar-refractivity contribution in [2.45, 2.75) is 29.7 Å². The number of urea groups is 1. The Bertz CT molecular complexity index is 1040. The highest BCUT2D eigenvalue weighted by molar-refractivity contribution is 8.01. The summed E-state index contributed by atoms with van der Waals surface area (Å²) >= 11 is 1.20. The van der Waals surface area contributed by atoms with Gasteiger partial charge in [0.15, 0.2) is 5.41 Å². The summed E-state index contributed by atoms with van der Waals surface area (Å²) in [5.41, 5.74) is -1.52. The number of esters is 2. The minimum Gasteiger partial charge on any atom is -0.467 e. The molecule has 0 bridgehead atoms. The van der Waals surface area contributed by atoms with Crippen LogP contribution in [0.25, 0.3) is 0 Å². The van der Waals surface area contributed by atoms with E-state index < -0.39 is 52.0 Å². The van der Waals surface area contributed by atoms with E-state index >= 15 is 0 Å². The van der Waals surface area contributed by atoms with Crippen LogP contribution in [0.2, 0.25) is 0 Å². The number of rotatable bonds is 3. The molecule has 2 saturated heterocycles. The molecule has 1 aromatic rings. The van der Waals surface area contributed by atoms with E-state index in [9.17, 15) is 24.0 Å². The van der Waals surface area contributed by atoms with Gasteiger partial charge in [-0.05, 0) is 26.0 Å². The average molecular weight is 461 g/mol. The molecule has 170 valence electrons. The van der Waals surface area contributed by atoms with Crippen LogP contribution in [0.5, 0.6) is 0 Å². The molecule has 2 fully saturated rings. The van der Waals surface area contributed by atoms with E-state index in [1.807, 2.05) is 0 Å². The summed E-state index contributed by atoms with van der Waals surface area (Å²) in [6.07, 6.45) is 0. The van der Waals surface area contributed by atoms with E-state index in [0.717, 1.165) is 14.7 Å². The van der Waals surface area contributed by atoms with E-state index in [1.54, 1.807) is 43.0 Å². The van der Waals surface area contributed by atoms with Gasteiger partial charge in [-0.3, -0.25) is 24.2 Å². The van der Waals surface area contributed by atoms with Crippen LogP contribution in [-0.4, -0.2) is 78.3 Å². The molecule has 4 rings (SSSR count). The van der Waals surface area contributed by atoms with Gasteiger partial charge >= 0.3 is 18.0 Å². The zero-order valence-electron chi connectivity index (χ0n) is 18.3. The zero-order valence-corrected chi connectivity index (χ0v) is 19.1. The minimum absolute atomic E-state index is 0.0211. The van der Waals surface area contributed by atoms with Gasteiger partial charge in [-0.15, -0.1) is 0 Å². The third kappa shape index (κ3) is 2.39. The minimum atomic E-state index is -2.11. The molecule has 1 aromatic carbocycles. The summed E-state index contributed by atoms with van der Waals surface area (Å²) in [5.74, 6) is -4.91. The largest absolute Gasteiger partial charge is 0.467 e. The number of ether oxygens (including phenoxy) is 2. The second-order valence-electron chi connectivity index (χ2n) is 7.94. The standard InChI is InChI=1S/C21H23N3O7S/c1-6-31-15(25)13-14(16(26)30-5)24-11-9-7-8-10-12(11)32-20(24,2)21(13)17(27)22(3)19(29)23(4)18(21)28/h7-10,13-14H,6H2,1-5H3/t13-,14-,20?/m0/s1. The van der Waals surface area contributed by atoms with Gasteiger partial charge in [0, 0.05) is 19.0 Å². The average Bonchev–Trinajstić information content (AvgIpc) is 3.20. The highest BCUT2D eigenvalue weighted by atomic mass is 32.2. The van der Waals surface area contributed by atoms with E-state index in [1.165, 1.54) is 33.0 Å². The predicted octanol–water partition coefficient (Wildman–Crippen LogP) is 1.09. The Hall–Kier alpha value is -3.08. The number of methoxy groups -OCH3 is 1. The number of carbonyl (C=O) groups excluding carboxylic acids is 5. The van der Waals surface area contributed by atoms with E-state index in [-0.39, 0.29) is 6.61 Å². The number of hydrogen-bond acceptors (Lipinski definition) is 9. The molecular formula is C21H23N3O7S. The fourth-order valence-electron chi connectivity index (χ4n) is 5.18. The zero-order chi connectivity index (χ0) is 23.6. The van der Waals surface area contributed by atoms with Crippen LogP contribution in [0.4, 0.5) is 10.5 Å². The van der Waals surface area contributed by atoms with Crippen LogP contribution in [0, 0.1) is 11.3 Å². The first-order valence-corrected chi connectivity index (χ1v) is 10.8. The molecule has 0 aliphatic carbocycles. The third-order valence-corrected chi connectivity index (χ3v) is 8.01. The number of fused-ring (bicyclic) bond motifs is 4. The molecule has 4 amide bonds. The number of nitrogens with zero attached hydrogens (tertiary/aromatic N) is 3. The molecule has 3 aliphatic heterocycles. The Morgan fingerprint density at radius 2 is 1.66 bits per heavy atom. The molecule has 3 atom stereocenters. The van der Waals surface area contributed by atoms with Crippen molar-refractivity contribution in [1.29, 1.82) is 0 Å². The monoisotopic (exact) mass is 461 g/mol. The molecule has 0 radical (unpaired) electrons. The molecule has 10 nitrogen and oxygen atoms in total. The first-order valence-electron chi connectivity index (χ1n) is 10.0. The maximum Gasteiger partial charge on any atom is 0.332 e. The molecule has 1 spiro atoms. The van der Waals surface area contributed by atoms with E-state index in [4.69, 9.17) is 9.47 Å². The second kappa shape index (κ2) is 7.22. The van der Waals surface area contributed by atoms with Gasteiger partial charge in [0.1, 0.15) is 16.8 Å². The van der Waals surface area contributed by atoms with Gasteiger partial charge in [-0.25, -0.2) is 9.59 Å². The van der Waals surface area contributed by atoms with Gasteiger partial charge in [0.2, 0.25) is 11.8 Å². The lowest BCUT2D eigenvalue weighted by molar-refractivity contribution is -0.172. The van der Waals surface area contributed by atoms with E-state index in [2.05, 4.69) is 0 Å². The number of thioether (sulfide) groups is 1. The number of carbonyl (C=O) groups is 5. The van der Waals surface area contributed by atoms with Crippen molar-refractivity contribution in [3.63, 3.8) is 0 Å². The van der Waals surface area contributed by atoms with Gasteiger partial charge in [-0.1, -0.05) is 23.9 Å². The summed E-state index contributed by atoms with van der Waals surface area (Å²) in [6, 6.07) is 4.98. The summed E-state index contributed by atoms with van der Waals surface area (Å²) in [4.78, 5) is 69.2. The van der Waals surface area contributed by atoms with Crippen molar-refractivity contribution < 1.29 is 33.4 Å². The SMILES string of the molecule is CCOC(=O)[C@@H]1[C@@H](C(=O)OC)N2c3ccccc3SC2(C)C12C(=O)N(C)C(=O)N(C)C2=O. The topological polar surface area (TPSA) is 114 Å². The number of amides is 4. The lowest BCUT2D eigenvalue weighted by atomic mass is 9.67. The number of barbiturate groups is 1. The fraction of sp³-hybridized carbons (Fsp3) is 0.476. The molecule has 0 aromatic heterocycles. The van der Waals surface area contributed by atoms with Crippen molar-refractivity contribution in [1.82, 2.24) is 9.80 Å². The van der Waals surface area contributed by atoms with E-state index in [0.29, 0.717) is 5.69 Å². The Balaban J connectivity index is 2.08. The fourth-order valence-corrected chi connectivity index (χ4v) is 6.80. The van der Waals surface area contributed by atoms with Crippen LogP contribution in [0.1, 0.15) is 13.8 Å². The smallest absolute Gasteiger partial charge is 0.332 e. The maximum atomic E-state index is 13.8. The van der Waals surface area contributed by atoms with Crippen LogP contribution in [0.3, 0.4) is 0 Å². The molecule has 11 heteroatoms. The van der Waals surface area contributed by atoms with Gasteiger partial charge in [-0.2, -0.15) is 0 Å². The van der Waals surface area contributed by atoms with Crippen molar-refractivity contribution in [2.75, 3.05) is 32.7 Å². The van der Waals surface area contributed by atoms with Crippen LogP contribution < -0.4 is 4.90 Å². The lowest BCUT2D eigenvalue weighted by Crippen LogP contribution is -2.71. The molecule has 0 N–H and O–H groups in total. The first kappa shape index (κ1) is 22.1. The van der Waals surface area contributed by atoms with Crippen molar-refractivity contribution in [3.05, 3.63) is 24.3 Å². The molecule has 32 heavy (non-hydrogen) atoms. The number of para-hydroxylation sites is 1. The summed E-state index contributed by atoms with van der Waals surface area (Å²) in [5, 5.41) is 0. The number of imide groups is 2. The van der Waals surface area contributed by atoms with Crippen molar-refractivity contribution >= 4 is 47.2 Å². The second-order valence-corrected chi connectivity index (χ2v) is 9.38. The maximum absolute atomic E-state index is 13.8. The molecule has 0 saturated carbocycles. The lowest BCUT2D eigenvalue weighted by Gasteiger charge is -2.48. The third-order valence-electron chi connectivity index (χ3n) is 6.53. The van der Waals surface area contributed by atoms with Crippen LogP contribution in [0.15, 0.2) is 29.2 Å². The highest BCUT2D eigenvalue weighted by Crippen LogP contribution is 2.68. The van der Waals surface area contributed by atoms with Crippen molar-refractivity contribution in [2.24, 2.45) is 11.3 Å². The summed E-state index contributed by atoms with van der Waals surface area (Å²) in [7, 11) is 3.68. The van der Waals surface area contributed by atoms with Gasteiger partial charge in [0.25, 0.3) is 0 Å². The first-order chi connectivity index (χ1) is 15.1. The normalized spacial score (nSPS) is 28.2. The molecule has 3 heterocycles. The Labute approximate surface area is 188 Å². The Morgan fingerprint density at radius 1 is 1.06 bits per heavy atom. The Kier molecular flexibility index (Phi) is 5.00.